The molecule has 2 rings (SSSR count). The van der Waals surface area contributed by atoms with Crippen LogP contribution in [0.2, 0.25) is 0 Å². The number of amides is 2. The molecule has 1 fully saturated rings. The van der Waals surface area contributed by atoms with Crippen molar-refractivity contribution >= 4 is 29.2 Å². The zero-order valence-electron chi connectivity index (χ0n) is 14.7. The summed E-state index contributed by atoms with van der Waals surface area (Å²) in [6, 6.07) is 6.94. The molecule has 1 aliphatic heterocycles. The van der Waals surface area contributed by atoms with E-state index in [4.69, 9.17) is 4.74 Å². The van der Waals surface area contributed by atoms with Crippen LogP contribution in [-0.2, 0) is 19.1 Å². The fraction of sp³-hybridized carbons (Fsp3) is 0.500. The summed E-state index contributed by atoms with van der Waals surface area (Å²) >= 11 is 0. The predicted molar refractivity (Wildman–Crippen MR) is 95.2 cm³/mol. The molecule has 1 aromatic carbocycles. The van der Waals surface area contributed by atoms with Crippen molar-refractivity contribution in [1.82, 2.24) is 4.90 Å². The second kappa shape index (κ2) is 9.17. The molecule has 0 unspecified atom stereocenters. The molecule has 0 radical (unpaired) electrons. The van der Waals surface area contributed by atoms with Gasteiger partial charge in [-0.2, -0.15) is 0 Å². The molecule has 1 aliphatic rings. The van der Waals surface area contributed by atoms with Crippen molar-refractivity contribution in [2.45, 2.75) is 26.7 Å². The maximum atomic E-state index is 12.2. The number of rotatable bonds is 6. The predicted octanol–water partition coefficient (Wildman–Crippen LogP) is 1.86. The monoisotopic (exact) mass is 347 g/mol. The van der Waals surface area contributed by atoms with Gasteiger partial charge in [-0.05, 0) is 50.6 Å². The fourth-order valence-electron chi connectivity index (χ4n) is 2.90. The van der Waals surface area contributed by atoms with Crippen LogP contribution >= 0.6 is 0 Å². The standard InChI is InChI=1S/C18H25N3O4/c1-3-25-18(24)14-5-4-10-21(11-14)12-17(23)20-16-8-6-15(7-9-16)19-13(2)22/h6-9,14H,3-5,10-12H2,1-2H3,(H,19,22)(H,20,23)/t14-/m1/s1. The van der Waals surface area contributed by atoms with E-state index >= 15 is 0 Å². The van der Waals surface area contributed by atoms with E-state index in [1.54, 1.807) is 31.2 Å². The Labute approximate surface area is 147 Å². The van der Waals surface area contributed by atoms with Gasteiger partial charge in [-0.15, -0.1) is 0 Å². The first kappa shape index (κ1) is 18.9. The Hall–Kier alpha value is -2.41. The Balaban J connectivity index is 1.83. The van der Waals surface area contributed by atoms with Crippen LogP contribution in [0, 0.1) is 5.92 Å². The van der Waals surface area contributed by atoms with E-state index in [-0.39, 0.29) is 30.2 Å². The van der Waals surface area contributed by atoms with E-state index in [2.05, 4.69) is 10.6 Å². The molecule has 7 heteroatoms. The van der Waals surface area contributed by atoms with Crippen LogP contribution < -0.4 is 10.6 Å². The van der Waals surface area contributed by atoms with Gasteiger partial charge in [0, 0.05) is 24.8 Å². The number of hydrogen-bond acceptors (Lipinski definition) is 5. The highest BCUT2D eigenvalue weighted by molar-refractivity contribution is 5.93. The van der Waals surface area contributed by atoms with Crippen LogP contribution in [0.5, 0.6) is 0 Å². The van der Waals surface area contributed by atoms with Gasteiger partial charge in [0.1, 0.15) is 0 Å². The molecule has 1 heterocycles. The lowest BCUT2D eigenvalue weighted by atomic mass is 9.98. The molecule has 0 saturated carbocycles. The summed E-state index contributed by atoms with van der Waals surface area (Å²) in [6.45, 7) is 5.20. The van der Waals surface area contributed by atoms with Crippen LogP contribution in [0.3, 0.4) is 0 Å². The molecule has 0 aliphatic carbocycles. The van der Waals surface area contributed by atoms with Crippen LogP contribution in [-0.4, -0.2) is 48.9 Å². The smallest absolute Gasteiger partial charge is 0.310 e. The molecule has 0 spiro atoms. The maximum absolute atomic E-state index is 12.2. The molecule has 0 bridgehead atoms. The van der Waals surface area contributed by atoms with Crippen molar-refractivity contribution in [1.29, 1.82) is 0 Å². The third kappa shape index (κ3) is 6.19. The second-order valence-corrected chi connectivity index (χ2v) is 6.13. The van der Waals surface area contributed by atoms with E-state index in [1.165, 1.54) is 6.92 Å². The van der Waals surface area contributed by atoms with Crippen molar-refractivity contribution in [3.8, 4) is 0 Å². The minimum Gasteiger partial charge on any atom is -0.466 e. The lowest BCUT2D eigenvalue weighted by Crippen LogP contribution is -2.43. The minimum absolute atomic E-state index is 0.128. The number of esters is 1. The van der Waals surface area contributed by atoms with E-state index in [9.17, 15) is 14.4 Å². The first-order valence-electron chi connectivity index (χ1n) is 8.54. The number of hydrogen-bond donors (Lipinski definition) is 2. The van der Waals surface area contributed by atoms with Crippen molar-refractivity contribution in [2.24, 2.45) is 5.92 Å². The average Bonchev–Trinajstić information content (AvgIpc) is 2.56. The van der Waals surface area contributed by atoms with E-state index in [0.29, 0.717) is 24.5 Å². The molecular weight excluding hydrogens is 322 g/mol. The van der Waals surface area contributed by atoms with Crippen molar-refractivity contribution in [3.63, 3.8) is 0 Å². The molecule has 1 saturated heterocycles. The molecular formula is C18H25N3O4. The van der Waals surface area contributed by atoms with Crippen molar-refractivity contribution in [2.75, 3.05) is 36.9 Å². The molecule has 1 aromatic rings. The fourth-order valence-corrected chi connectivity index (χ4v) is 2.90. The van der Waals surface area contributed by atoms with Gasteiger partial charge < -0.3 is 15.4 Å². The van der Waals surface area contributed by atoms with Gasteiger partial charge in [-0.3, -0.25) is 19.3 Å². The zero-order valence-corrected chi connectivity index (χ0v) is 14.7. The highest BCUT2D eigenvalue weighted by atomic mass is 16.5. The first-order valence-corrected chi connectivity index (χ1v) is 8.54. The minimum atomic E-state index is -0.179. The summed E-state index contributed by atoms with van der Waals surface area (Å²) in [5, 5.41) is 5.50. The Kier molecular flexibility index (Phi) is 6.94. The summed E-state index contributed by atoms with van der Waals surface area (Å²) in [5.74, 6) is -0.602. The Morgan fingerprint density at radius 1 is 1.16 bits per heavy atom. The van der Waals surface area contributed by atoms with Crippen molar-refractivity contribution < 1.29 is 19.1 Å². The molecule has 25 heavy (non-hydrogen) atoms. The van der Waals surface area contributed by atoms with Crippen molar-refractivity contribution in [3.05, 3.63) is 24.3 Å². The number of carbonyl (C=O) groups is 3. The highest BCUT2D eigenvalue weighted by Gasteiger charge is 2.27. The summed E-state index contributed by atoms with van der Waals surface area (Å²) in [5.41, 5.74) is 1.34. The summed E-state index contributed by atoms with van der Waals surface area (Å²) in [6.07, 6.45) is 1.68. The summed E-state index contributed by atoms with van der Waals surface area (Å²) in [4.78, 5) is 37.0. The molecule has 7 nitrogen and oxygen atoms in total. The Morgan fingerprint density at radius 3 is 2.40 bits per heavy atom. The second-order valence-electron chi connectivity index (χ2n) is 6.13. The topological polar surface area (TPSA) is 87.7 Å². The van der Waals surface area contributed by atoms with Gasteiger partial charge in [-0.1, -0.05) is 0 Å². The zero-order chi connectivity index (χ0) is 18.2. The number of likely N-dealkylation sites (tertiary alicyclic amines) is 1. The van der Waals surface area contributed by atoms with Gasteiger partial charge in [0.2, 0.25) is 11.8 Å². The lowest BCUT2D eigenvalue weighted by Gasteiger charge is -2.30. The molecule has 136 valence electrons. The van der Waals surface area contributed by atoms with E-state index < -0.39 is 0 Å². The summed E-state index contributed by atoms with van der Waals surface area (Å²) < 4.78 is 5.07. The van der Waals surface area contributed by atoms with Crippen LogP contribution in [0.1, 0.15) is 26.7 Å². The van der Waals surface area contributed by atoms with Crippen LogP contribution in [0.4, 0.5) is 11.4 Å². The quantitative estimate of drug-likeness (QED) is 0.767. The SMILES string of the molecule is CCOC(=O)[C@@H]1CCCN(CC(=O)Nc2ccc(NC(C)=O)cc2)C1. The third-order valence-corrected chi connectivity index (χ3v) is 3.98. The number of nitrogens with one attached hydrogen (secondary N) is 2. The van der Waals surface area contributed by atoms with E-state index in [1.807, 2.05) is 4.90 Å². The molecule has 1 atom stereocenters. The number of ether oxygens (including phenoxy) is 1. The van der Waals surface area contributed by atoms with Crippen LogP contribution in [0.15, 0.2) is 24.3 Å². The van der Waals surface area contributed by atoms with E-state index in [0.717, 1.165) is 19.4 Å². The normalized spacial score (nSPS) is 17.6. The molecule has 2 amide bonds. The van der Waals surface area contributed by atoms with Gasteiger partial charge in [-0.25, -0.2) is 0 Å². The number of nitrogens with zero attached hydrogens (tertiary/aromatic N) is 1. The largest absolute Gasteiger partial charge is 0.466 e. The van der Waals surface area contributed by atoms with Gasteiger partial charge in [0.25, 0.3) is 0 Å². The van der Waals surface area contributed by atoms with Crippen LogP contribution in [0.25, 0.3) is 0 Å². The molecule has 0 aromatic heterocycles. The first-order chi connectivity index (χ1) is 12.0. The maximum Gasteiger partial charge on any atom is 0.310 e. The summed E-state index contributed by atoms with van der Waals surface area (Å²) in [7, 11) is 0. The Bertz CT molecular complexity index is 615. The van der Waals surface area contributed by atoms with Gasteiger partial charge >= 0.3 is 5.97 Å². The average molecular weight is 347 g/mol. The Morgan fingerprint density at radius 2 is 1.80 bits per heavy atom. The number of benzene rings is 1. The number of piperidine rings is 1. The third-order valence-electron chi connectivity index (χ3n) is 3.98. The lowest BCUT2D eigenvalue weighted by molar-refractivity contribution is -0.150. The highest BCUT2D eigenvalue weighted by Crippen LogP contribution is 2.18. The van der Waals surface area contributed by atoms with Gasteiger partial charge in [0.05, 0.1) is 19.1 Å². The number of carbonyl (C=O) groups excluding carboxylic acids is 3. The number of anilines is 2. The molecule has 2 N–H and O–H groups in total. The van der Waals surface area contributed by atoms with Gasteiger partial charge in [0.15, 0.2) is 0 Å².